The summed E-state index contributed by atoms with van der Waals surface area (Å²) >= 11 is 0. The van der Waals surface area contributed by atoms with Crippen molar-refractivity contribution in [2.24, 2.45) is 7.05 Å². The van der Waals surface area contributed by atoms with Crippen LogP contribution in [0.15, 0.2) is 10.9 Å². The number of ether oxygens (including phenoxy) is 1. The summed E-state index contributed by atoms with van der Waals surface area (Å²) in [4.78, 5) is 23.3. The van der Waals surface area contributed by atoms with Crippen molar-refractivity contribution in [1.29, 1.82) is 0 Å². The number of aromatic nitrogens is 3. The first kappa shape index (κ1) is 15.1. The lowest BCUT2D eigenvalue weighted by molar-refractivity contribution is -0.141. The molecule has 0 aliphatic carbocycles. The van der Waals surface area contributed by atoms with Crippen molar-refractivity contribution in [2.75, 3.05) is 7.11 Å². The highest BCUT2D eigenvalue weighted by atomic mass is 19.4. The van der Waals surface area contributed by atoms with E-state index in [4.69, 9.17) is 0 Å². The van der Waals surface area contributed by atoms with E-state index in [1.54, 1.807) is 0 Å². The van der Waals surface area contributed by atoms with Crippen molar-refractivity contribution >= 4 is 17.0 Å². The molecular weight excluding hydrogens is 291 g/mol. The van der Waals surface area contributed by atoms with E-state index in [9.17, 15) is 22.8 Å². The number of carbonyl (C=O) groups excluding carboxylic acids is 1. The number of hydrogen-bond donors (Lipinski definition) is 0. The van der Waals surface area contributed by atoms with Gasteiger partial charge in [-0.05, 0) is 6.92 Å². The SMILES string of the molecule is COC(=O)Cn1c(=O)cc(C(F)(F)F)c2c(C)nn(C)c21. The van der Waals surface area contributed by atoms with Crippen molar-refractivity contribution in [3.8, 4) is 0 Å². The highest BCUT2D eigenvalue weighted by Crippen LogP contribution is 2.34. The maximum Gasteiger partial charge on any atom is 0.417 e. The third-order valence-electron chi connectivity index (χ3n) is 3.07. The van der Waals surface area contributed by atoms with Crippen LogP contribution in [0, 0.1) is 6.92 Å². The second-order valence-electron chi connectivity index (χ2n) is 4.46. The second-order valence-corrected chi connectivity index (χ2v) is 4.46. The Labute approximate surface area is 116 Å². The minimum atomic E-state index is -4.68. The zero-order valence-electron chi connectivity index (χ0n) is 11.5. The molecule has 114 valence electrons. The number of hydrogen-bond acceptors (Lipinski definition) is 4. The Hall–Kier alpha value is -2.32. The molecule has 2 aromatic rings. The first-order valence-electron chi connectivity index (χ1n) is 5.88. The summed E-state index contributed by atoms with van der Waals surface area (Å²) in [5, 5.41) is 3.70. The molecule has 2 heterocycles. The average molecular weight is 303 g/mol. The fourth-order valence-electron chi connectivity index (χ4n) is 2.22. The lowest BCUT2D eigenvalue weighted by Crippen LogP contribution is -2.27. The Bertz CT molecular complexity index is 774. The van der Waals surface area contributed by atoms with Gasteiger partial charge < -0.3 is 4.74 Å². The molecule has 0 saturated heterocycles. The topological polar surface area (TPSA) is 66.1 Å². The summed E-state index contributed by atoms with van der Waals surface area (Å²) in [5.41, 5.74) is -1.95. The third kappa shape index (κ3) is 2.50. The lowest BCUT2D eigenvalue weighted by Gasteiger charge is -2.12. The summed E-state index contributed by atoms with van der Waals surface area (Å²) in [5.74, 6) is -0.739. The number of carbonyl (C=O) groups is 1. The van der Waals surface area contributed by atoms with Gasteiger partial charge in [0.2, 0.25) is 0 Å². The van der Waals surface area contributed by atoms with Crippen LogP contribution in [-0.4, -0.2) is 27.4 Å². The van der Waals surface area contributed by atoms with E-state index < -0.39 is 29.8 Å². The Morgan fingerprint density at radius 3 is 2.57 bits per heavy atom. The van der Waals surface area contributed by atoms with Crippen molar-refractivity contribution in [2.45, 2.75) is 19.6 Å². The van der Waals surface area contributed by atoms with Gasteiger partial charge in [-0.2, -0.15) is 18.3 Å². The molecule has 0 aliphatic rings. The van der Waals surface area contributed by atoms with E-state index in [1.807, 2.05) is 0 Å². The fourth-order valence-corrected chi connectivity index (χ4v) is 2.22. The van der Waals surface area contributed by atoms with Gasteiger partial charge in [-0.3, -0.25) is 18.8 Å². The monoisotopic (exact) mass is 303 g/mol. The Balaban J connectivity index is 2.88. The van der Waals surface area contributed by atoms with Crippen LogP contribution in [0.25, 0.3) is 11.0 Å². The van der Waals surface area contributed by atoms with Gasteiger partial charge in [0.15, 0.2) is 0 Å². The summed E-state index contributed by atoms with van der Waals surface area (Å²) in [6.45, 7) is 0.924. The maximum absolute atomic E-state index is 13.1. The van der Waals surface area contributed by atoms with E-state index in [0.717, 1.165) is 16.4 Å². The molecule has 0 saturated carbocycles. The molecular formula is C12H12F3N3O3. The van der Waals surface area contributed by atoms with Crippen molar-refractivity contribution in [3.05, 3.63) is 27.7 Å². The fraction of sp³-hybridized carbons (Fsp3) is 0.417. The summed E-state index contributed by atoms with van der Waals surface area (Å²) < 4.78 is 45.7. The maximum atomic E-state index is 13.1. The molecule has 2 aromatic heterocycles. The molecule has 0 unspecified atom stereocenters. The minimum Gasteiger partial charge on any atom is -0.468 e. The molecule has 0 bridgehead atoms. The van der Waals surface area contributed by atoms with E-state index in [0.29, 0.717) is 6.07 Å². The van der Waals surface area contributed by atoms with Gasteiger partial charge in [-0.15, -0.1) is 0 Å². The predicted molar refractivity (Wildman–Crippen MR) is 66.7 cm³/mol. The van der Waals surface area contributed by atoms with E-state index in [2.05, 4.69) is 9.84 Å². The average Bonchev–Trinajstić information content (AvgIpc) is 2.66. The van der Waals surface area contributed by atoms with Crippen molar-refractivity contribution in [1.82, 2.24) is 14.3 Å². The van der Waals surface area contributed by atoms with Crippen LogP contribution >= 0.6 is 0 Å². The number of rotatable bonds is 2. The van der Waals surface area contributed by atoms with Gasteiger partial charge in [0, 0.05) is 13.1 Å². The van der Waals surface area contributed by atoms with Crippen LogP contribution in [0.4, 0.5) is 13.2 Å². The molecule has 0 aromatic carbocycles. The number of fused-ring (bicyclic) bond motifs is 1. The van der Waals surface area contributed by atoms with Crippen LogP contribution in [0.2, 0.25) is 0 Å². The molecule has 21 heavy (non-hydrogen) atoms. The molecule has 0 fully saturated rings. The van der Waals surface area contributed by atoms with Crippen LogP contribution in [0.5, 0.6) is 0 Å². The van der Waals surface area contributed by atoms with Crippen molar-refractivity contribution in [3.63, 3.8) is 0 Å². The predicted octanol–water partition coefficient (Wildman–Crippen LogP) is 1.24. The Morgan fingerprint density at radius 1 is 1.43 bits per heavy atom. The van der Waals surface area contributed by atoms with Gasteiger partial charge in [-0.1, -0.05) is 0 Å². The number of alkyl halides is 3. The van der Waals surface area contributed by atoms with Crippen LogP contribution in [0.1, 0.15) is 11.3 Å². The number of aryl methyl sites for hydroxylation is 2. The lowest BCUT2D eigenvalue weighted by atomic mass is 10.1. The molecule has 0 spiro atoms. The molecule has 0 atom stereocenters. The van der Waals surface area contributed by atoms with Gasteiger partial charge in [0.1, 0.15) is 12.2 Å². The second kappa shape index (κ2) is 4.90. The molecule has 6 nitrogen and oxygen atoms in total. The zero-order chi connectivity index (χ0) is 15.9. The van der Waals surface area contributed by atoms with Gasteiger partial charge in [0.25, 0.3) is 5.56 Å². The molecule has 9 heteroatoms. The first-order valence-corrected chi connectivity index (χ1v) is 5.88. The number of pyridine rings is 1. The number of nitrogens with zero attached hydrogens (tertiary/aromatic N) is 3. The largest absolute Gasteiger partial charge is 0.468 e. The zero-order valence-corrected chi connectivity index (χ0v) is 11.5. The van der Waals surface area contributed by atoms with E-state index in [1.165, 1.54) is 14.0 Å². The highest BCUT2D eigenvalue weighted by Gasteiger charge is 2.36. The van der Waals surface area contributed by atoms with Crippen LogP contribution < -0.4 is 5.56 Å². The van der Waals surface area contributed by atoms with Crippen LogP contribution in [-0.2, 0) is 29.3 Å². The molecule has 0 amide bonds. The molecule has 2 rings (SSSR count). The van der Waals surface area contributed by atoms with E-state index in [-0.39, 0.29) is 16.7 Å². The van der Waals surface area contributed by atoms with Gasteiger partial charge in [-0.25, -0.2) is 0 Å². The minimum absolute atomic E-state index is 0.0716. The Kier molecular flexibility index (Phi) is 3.52. The normalized spacial score (nSPS) is 11.9. The van der Waals surface area contributed by atoms with Crippen LogP contribution in [0.3, 0.4) is 0 Å². The van der Waals surface area contributed by atoms with Gasteiger partial charge >= 0.3 is 12.1 Å². The quantitative estimate of drug-likeness (QED) is 0.783. The number of methoxy groups -OCH3 is 1. The highest BCUT2D eigenvalue weighted by molar-refractivity contribution is 5.84. The molecule has 0 aliphatic heterocycles. The molecule has 0 radical (unpaired) electrons. The third-order valence-corrected chi connectivity index (χ3v) is 3.07. The molecule has 0 N–H and O–H groups in total. The standard InChI is InChI=1S/C12H12F3N3O3/c1-6-10-7(12(13,14)15)4-8(19)18(5-9(20)21-3)11(10)17(2)16-6/h4H,5H2,1-3H3. The van der Waals surface area contributed by atoms with Gasteiger partial charge in [0.05, 0.1) is 23.8 Å². The number of esters is 1. The smallest absolute Gasteiger partial charge is 0.417 e. The summed E-state index contributed by atoms with van der Waals surface area (Å²) in [7, 11) is 2.53. The Morgan fingerprint density at radius 2 is 2.05 bits per heavy atom. The summed E-state index contributed by atoms with van der Waals surface area (Å²) in [6.07, 6.45) is -4.68. The van der Waals surface area contributed by atoms with Crippen molar-refractivity contribution < 1.29 is 22.7 Å². The summed E-state index contributed by atoms with van der Waals surface area (Å²) in [6, 6.07) is 0.472. The first-order chi connectivity index (χ1) is 9.66. The van der Waals surface area contributed by atoms with E-state index >= 15 is 0 Å². The number of halogens is 3.